The minimum absolute atomic E-state index is 0.243. The summed E-state index contributed by atoms with van der Waals surface area (Å²) in [5.74, 6) is -0.782. The third kappa shape index (κ3) is 9.65. The van der Waals surface area contributed by atoms with Crippen molar-refractivity contribution in [1.82, 2.24) is 10.6 Å². The average Bonchev–Trinajstić information content (AvgIpc) is 2.22. The largest absolute Gasteiger partial charge is 0.480 e. The van der Waals surface area contributed by atoms with Gasteiger partial charge in [0.05, 0.1) is 6.61 Å². The van der Waals surface area contributed by atoms with E-state index in [0.717, 1.165) is 6.42 Å². The molecular weight excluding hydrogens is 196 g/mol. The standard InChI is InChI=1S/C5H11NO2.C5H13NO/c1-3-4(6-2)5(7)8;1-3-5(4-7)6-2/h4,6H,3H2,1-2H3,(H,7,8);5-7H,3-4H2,1-2H3/t4-;5-/m00/s1. The van der Waals surface area contributed by atoms with Crippen LogP contribution in [-0.4, -0.2) is 49.0 Å². The molecule has 5 heteroatoms. The van der Waals surface area contributed by atoms with Crippen LogP contribution in [0.5, 0.6) is 0 Å². The molecule has 0 aromatic heterocycles. The Labute approximate surface area is 91.9 Å². The third-order valence-corrected chi connectivity index (χ3v) is 2.18. The van der Waals surface area contributed by atoms with Gasteiger partial charge in [-0.3, -0.25) is 4.79 Å². The zero-order chi connectivity index (χ0) is 12.3. The van der Waals surface area contributed by atoms with Crippen molar-refractivity contribution in [3.63, 3.8) is 0 Å². The molecule has 0 rings (SSSR count). The summed E-state index contributed by atoms with van der Waals surface area (Å²) in [6.45, 7) is 4.11. The summed E-state index contributed by atoms with van der Waals surface area (Å²) < 4.78 is 0. The number of aliphatic carboxylic acids is 1. The Kier molecular flexibility index (Phi) is 12.8. The number of nitrogens with one attached hydrogen (secondary N) is 2. The fourth-order valence-electron chi connectivity index (χ4n) is 0.927. The Hall–Kier alpha value is -0.650. The monoisotopic (exact) mass is 220 g/mol. The van der Waals surface area contributed by atoms with E-state index in [2.05, 4.69) is 10.6 Å². The van der Waals surface area contributed by atoms with Crippen LogP contribution in [0, 0.1) is 0 Å². The number of carbonyl (C=O) groups is 1. The van der Waals surface area contributed by atoms with Crippen LogP contribution in [0.25, 0.3) is 0 Å². The summed E-state index contributed by atoms with van der Waals surface area (Å²) in [7, 11) is 3.49. The van der Waals surface area contributed by atoms with E-state index >= 15 is 0 Å². The van der Waals surface area contributed by atoms with Crippen molar-refractivity contribution in [3.05, 3.63) is 0 Å². The molecule has 0 aromatic carbocycles. The quantitative estimate of drug-likeness (QED) is 0.508. The second-order valence-corrected chi connectivity index (χ2v) is 3.16. The molecule has 0 saturated heterocycles. The molecule has 0 unspecified atom stereocenters. The van der Waals surface area contributed by atoms with E-state index in [0.29, 0.717) is 12.5 Å². The molecule has 0 aliphatic rings. The zero-order valence-electron chi connectivity index (χ0n) is 10.1. The normalized spacial score (nSPS) is 13.7. The Balaban J connectivity index is 0. The molecule has 0 amide bonds. The average molecular weight is 220 g/mol. The van der Waals surface area contributed by atoms with E-state index in [1.54, 1.807) is 7.05 Å². The summed E-state index contributed by atoms with van der Waals surface area (Å²) in [6, 6.07) is -0.0880. The van der Waals surface area contributed by atoms with Gasteiger partial charge in [0.15, 0.2) is 0 Å². The van der Waals surface area contributed by atoms with Crippen molar-refractivity contribution < 1.29 is 15.0 Å². The maximum absolute atomic E-state index is 10.1. The second-order valence-electron chi connectivity index (χ2n) is 3.16. The van der Waals surface area contributed by atoms with E-state index in [1.807, 2.05) is 20.9 Å². The molecule has 0 heterocycles. The van der Waals surface area contributed by atoms with Crippen LogP contribution in [0.3, 0.4) is 0 Å². The summed E-state index contributed by atoms with van der Waals surface area (Å²) in [5.41, 5.74) is 0. The van der Waals surface area contributed by atoms with Crippen molar-refractivity contribution in [2.75, 3.05) is 20.7 Å². The molecule has 0 bridgehead atoms. The lowest BCUT2D eigenvalue weighted by Gasteiger charge is -2.07. The van der Waals surface area contributed by atoms with E-state index in [4.69, 9.17) is 10.2 Å². The van der Waals surface area contributed by atoms with Crippen LogP contribution in [-0.2, 0) is 4.79 Å². The maximum Gasteiger partial charge on any atom is 0.320 e. The summed E-state index contributed by atoms with van der Waals surface area (Å²) in [4.78, 5) is 10.1. The number of likely N-dealkylation sites (N-methyl/N-ethyl adjacent to an activating group) is 2. The second kappa shape index (κ2) is 11.4. The van der Waals surface area contributed by atoms with Gasteiger partial charge in [0, 0.05) is 6.04 Å². The van der Waals surface area contributed by atoms with Gasteiger partial charge in [-0.15, -0.1) is 0 Å². The van der Waals surface area contributed by atoms with E-state index < -0.39 is 5.97 Å². The van der Waals surface area contributed by atoms with Gasteiger partial charge in [0.25, 0.3) is 0 Å². The molecule has 92 valence electrons. The predicted octanol–water partition coefficient (Wildman–Crippen LogP) is 0.0457. The van der Waals surface area contributed by atoms with Crippen molar-refractivity contribution >= 4 is 5.97 Å². The molecule has 0 radical (unpaired) electrons. The number of carboxylic acid groups (broad SMARTS) is 1. The highest BCUT2D eigenvalue weighted by Crippen LogP contribution is 1.86. The molecule has 0 aliphatic heterocycles. The van der Waals surface area contributed by atoms with Crippen LogP contribution in [0.15, 0.2) is 0 Å². The molecule has 15 heavy (non-hydrogen) atoms. The molecule has 0 fully saturated rings. The first-order valence-electron chi connectivity index (χ1n) is 5.25. The fourth-order valence-corrected chi connectivity index (χ4v) is 0.927. The van der Waals surface area contributed by atoms with Crippen molar-refractivity contribution in [1.29, 1.82) is 0 Å². The summed E-state index contributed by atoms with van der Waals surface area (Å²) >= 11 is 0. The lowest BCUT2D eigenvalue weighted by molar-refractivity contribution is -0.139. The van der Waals surface area contributed by atoms with E-state index in [1.165, 1.54) is 0 Å². The highest BCUT2D eigenvalue weighted by Gasteiger charge is 2.09. The minimum Gasteiger partial charge on any atom is -0.480 e. The number of rotatable bonds is 6. The van der Waals surface area contributed by atoms with Gasteiger partial charge in [-0.2, -0.15) is 0 Å². The van der Waals surface area contributed by atoms with Crippen LogP contribution >= 0.6 is 0 Å². The lowest BCUT2D eigenvalue weighted by Crippen LogP contribution is -2.32. The van der Waals surface area contributed by atoms with Gasteiger partial charge in [-0.25, -0.2) is 0 Å². The molecule has 0 spiro atoms. The van der Waals surface area contributed by atoms with E-state index in [-0.39, 0.29) is 12.6 Å². The van der Waals surface area contributed by atoms with E-state index in [9.17, 15) is 4.79 Å². The van der Waals surface area contributed by atoms with Crippen molar-refractivity contribution in [2.45, 2.75) is 38.8 Å². The predicted molar refractivity (Wildman–Crippen MR) is 61.0 cm³/mol. The first-order chi connectivity index (χ1) is 7.06. The highest BCUT2D eigenvalue weighted by molar-refractivity contribution is 5.73. The number of hydrogen-bond acceptors (Lipinski definition) is 4. The molecule has 2 atom stereocenters. The fraction of sp³-hybridized carbons (Fsp3) is 0.900. The molecule has 0 aliphatic carbocycles. The zero-order valence-corrected chi connectivity index (χ0v) is 10.1. The molecule has 0 aromatic rings. The van der Waals surface area contributed by atoms with Crippen LogP contribution in [0.1, 0.15) is 26.7 Å². The van der Waals surface area contributed by atoms with Crippen molar-refractivity contribution in [3.8, 4) is 0 Å². The summed E-state index contributed by atoms with van der Waals surface area (Å²) in [6.07, 6.45) is 1.62. The van der Waals surface area contributed by atoms with Crippen molar-refractivity contribution in [2.24, 2.45) is 0 Å². The van der Waals surface area contributed by atoms with Gasteiger partial charge in [-0.1, -0.05) is 13.8 Å². The summed E-state index contributed by atoms with van der Waals surface area (Å²) in [5, 5.41) is 22.4. The lowest BCUT2D eigenvalue weighted by atomic mass is 10.2. The Bertz CT molecular complexity index is 140. The molecule has 5 nitrogen and oxygen atoms in total. The SMILES string of the molecule is CC[C@@H](CO)NC.CC[C@H](NC)C(=O)O. The van der Waals surface area contributed by atoms with Crippen LogP contribution in [0.4, 0.5) is 0 Å². The Morgan fingerprint density at radius 2 is 1.73 bits per heavy atom. The first-order valence-corrected chi connectivity index (χ1v) is 5.25. The minimum atomic E-state index is -0.782. The van der Waals surface area contributed by atoms with Gasteiger partial charge in [-0.05, 0) is 26.9 Å². The Morgan fingerprint density at radius 1 is 1.20 bits per heavy atom. The number of aliphatic hydroxyl groups is 1. The molecule has 0 saturated carbocycles. The smallest absolute Gasteiger partial charge is 0.320 e. The topological polar surface area (TPSA) is 81.6 Å². The molecule has 4 N–H and O–H groups in total. The number of hydrogen-bond donors (Lipinski definition) is 4. The first kappa shape index (κ1) is 16.8. The van der Waals surface area contributed by atoms with Gasteiger partial charge in [0.2, 0.25) is 0 Å². The Morgan fingerprint density at radius 3 is 1.73 bits per heavy atom. The highest BCUT2D eigenvalue weighted by atomic mass is 16.4. The molecular formula is C10H24N2O3. The van der Waals surface area contributed by atoms with Crippen LogP contribution < -0.4 is 10.6 Å². The number of carboxylic acids is 1. The third-order valence-electron chi connectivity index (χ3n) is 2.18. The number of aliphatic hydroxyl groups excluding tert-OH is 1. The van der Waals surface area contributed by atoms with Crippen LogP contribution in [0.2, 0.25) is 0 Å². The van der Waals surface area contributed by atoms with Gasteiger partial charge < -0.3 is 20.8 Å². The maximum atomic E-state index is 10.1. The van der Waals surface area contributed by atoms with Gasteiger partial charge in [0.1, 0.15) is 6.04 Å². The van der Waals surface area contributed by atoms with Gasteiger partial charge >= 0.3 is 5.97 Å².